The second kappa shape index (κ2) is 9.42. The van der Waals surface area contributed by atoms with Crippen molar-refractivity contribution in [3.05, 3.63) is 41.5 Å². The molecule has 0 bridgehead atoms. The highest BCUT2D eigenvalue weighted by Crippen LogP contribution is 2.41. The zero-order chi connectivity index (χ0) is 28.3. The van der Waals surface area contributed by atoms with Gasteiger partial charge in [0.25, 0.3) is 5.91 Å². The van der Waals surface area contributed by atoms with E-state index in [0.29, 0.717) is 12.2 Å². The molecule has 3 aromatic heterocycles. The van der Waals surface area contributed by atoms with Gasteiger partial charge in [-0.3, -0.25) is 14.6 Å². The van der Waals surface area contributed by atoms with Gasteiger partial charge in [0, 0.05) is 43.6 Å². The molecule has 0 spiro atoms. The topological polar surface area (TPSA) is 119 Å². The third-order valence-corrected chi connectivity index (χ3v) is 7.51. The lowest BCUT2D eigenvalue weighted by Gasteiger charge is -2.21. The fourth-order valence-corrected chi connectivity index (χ4v) is 5.39. The van der Waals surface area contributed by atoms with Crippen LogP contribution in [0.2, 0.25) is 0 Å². The summed E-state index contributed by atoms with van der Waals surface area (Å²) in [5.74, 6) is -4.92. The van der Waals surface area contributed by atoms with Crippen molar-refractivity contribution in [1.29, 1.82) is 0 Å². The Morgan fingerprint density at radius 2 is 1.92 bits per heavy atom. The van der Waals surface area contributed by atoms with Crippen molar-refractivity contribution in [3.63, 3.8) is 0 Å². The van der Waals surface area contributed by atoms with Gasteiger partial charge in [-0.1, -0.05) is 6.92 Å². The zero-order valence-corrected chi connectivity index (χ0v) is 21.1. The lowest BCUT2D eigenvalue weighted by atomic mass is 10.0. The van der Waals surface area contributed by atoms with E-state index in [1.807, 2.05) is 6.92 Å². The van der Waals surface area contributed by atoms with Gasteiger partial charge in [-0.15, -0.1) is 0 Å². The molecule has 0 radical (unpaired) electrons. The molecule has 1 unspecified atom stereocenters. The fraction of sp³-hybridized carbons (Fsp3) is 0.480. The van der Waals surface area contributed by atoms with Gasteiger partial charge < -0.3 is 16.0 Å². The Morgan fingerprint density at radius 1 is 1.18 bits per heavy atom. The van der Waals surface area contributed by atoms with Crippen molar-refractivity contribution in [2.75, 3.05) is 18.8 Å². The normalized spacial score (nSPS) is 22.9. The van der Waals surface area contributed by atoms with Gasteiger partial charge in [0.1, 0.15) is 11.8 Å². The van der Waals surface area contributed by atoms with Crippen LogP contribution >= 0.6 is 0 Å². The van der Waals surface area contributed by atoms with Gasteiger partial charge in [0.05, 0.1) is 28.6 Å². The number of anilines is 1. The van der Waals surface area contributed by atoms with E-state index in [4.69, 9.17) is 5.73 Å². The van der Waals surface area contributed by atoms with E-state index in [1.54, 1.807) is 6.92 Å². The number of rotatable bonds is 4. The van der Waals surface area contributed by atoms with Crippen LogP contribution in [0.1, 0.15) is 47.8 Å². The van der Waals surface area contributed by atoms with Crippen LogP contribution in [0.3, 0.4) is 0 Å². The van der Waals surface area contributed by atoms with Crippen molar-refractivity contribution in [2.24, 2.45) is 11.8 Å². The largest absolute Gasteiger partial charge is 0.418 e. The first-order valence-electron chi connectivity index (χ1n) is 12.4. The van der Waals surface area contributed by atoms with Crippen LogP contribution in [0.25, 0.3) is 16.8 Å². The predicted octanol–water partition coefficient (Wildman–Crippen LogP) is 3.71. The summed E-state index contributed by atoms with van der Waals surface area (Å²) < 4.78 is 69.4. The van der Waals surface area contributed by atoms with Gasteiger partial charge in [-0.05, 0) is 31.4 Å². The van der Waals surface area contributed by atoms with Gasteiger partial charge in [0.15, 0.2) is 5.82 Å². The Labute approximate surface area is 219 Å². The molecular weight excluding hydrogens is 525 g/mol. The van der Waals surface area contributed by atoms with Crippen LogP contribution in [0.5, 0.6) is 0 Å². The van der Waals surface area contributed by atoms with Gasteiger partial charge in [0.2, 0.25) is 11.8 Å². The van der Waals surface area contributed by atoms with E-state index in [0.717, 1.165) is 16.9 Å². The Morgan fingerprint density at radius 3 is 2.59 bits per heavy atom. The van der Waals surface area contributed by atoms with E-state index in [2.05, 4.69) is 20.4 Å². The quantitative estimate of drug-likeness (QED) is 0.478. The van der Waals surface area contributed by atoms with Gasteiger partial charge in [-0.2, -0.15) is 18.3 Å². The van der Waals surface area contributed by atoms with Crippen LogP contribution < -0.4 is 11.1 Å². The van der Waals surface area contributed by atoms with E-state index in [9.17, 15) is 31.5 Å². The molecule has 0 aromatic carbocycles. The van der Waals surface area contributed by atoms with Crippen LogP contribution in [0, 0.1) is 18.8 Å². The van der Waals surface area contributed by atoms with E-state index in [-0.39, 0.29) is 53.9 Å². The first-order chi connectivity index (χ1) is 18.2. The number of nitrogens with one attached hydrogen (secondary N) is 1. The Balaban J connectivity index is 1.38. The van der Waals surface area contributed by atoms with Crippen molar-refractivity contribution in [1.82, 2.24) is 29.8 Å². The lowest BCUT2D eigenvalue weighted by Crippen LogP contribution is -2.41. The minimum absolute atomic E-state index is 0.0207. The summed E-state index contributed by atoms with van der Waals surface area (Å²) in [5.41, 5.74) is 4.99. The zero-order valence-electron chi connectivity index (χ0n) is 21.1. The first-order valence-corrected chi connectivity index (χ1v) is 12.4. The molecule has 1 aliphatic heterocycles. The van der Waals surface area contributed by atoms with Crippen molar-refractivity contribution >= 4 is 23.1 Å². The Kier molecular flexibility index (Phi) is 6.46. The number of likely N-dealkylation sites (tertiary alicyclic amines) is 1. The van der Waals surface area contributed by atoms with Crippen LogP contribution in [-0.4, -0.2) is 61.4 Å². The van der Waals surface area contributed by atoms with Crippen LogP contribution in [0.4, 0.5) is 27.8 Å². The Bertz CT molecular complexity index is 1450. The second-order valence-corrected chi connectivity index (χ2v) is 10.3. The van der Waals surface area contributed by atoms with Crippen molar-refractivity contribution in [2.45, 2.75) is 51.3 Å². The monoisotopic (exact) mass is 551 g/mol. The van der Waals surface area contributed by atoms with Crippen LogP contribution in [0.15, 0.2) is 24.7 Å². The molecule has 1 saturated heterocycles. The summed E-state index contributed by atoms with van der Waals surface area (Å²) in [6, 6.07) is 1.86. The minimum atomic E-state index is -4.73. The standard InChI is InChI=1S/C25H26F5N7O2/c1-12-9-36(23(39)14-3-4-24(26,27)7-14)10-18(12)35-22(38)16-5-15(8-32-13(16)2)19-6-17(25(28,29)30)20-21(31)33-11-34-37(19)20/h5-6,8,11-12,14,18H,3-4,7,9-10H2,1-2H3,(H,35,38)(H2,31,33,34)/t12-,14?,18+/m0/s1. The minimum Gasteiger partial charge on any atom is -0.382 e. The molecule has 14 heteroatoms. The predicted molar refractivity (Wildman–Crippen MR) is 130 cm³/mol. The molecule has 39 heavy (non-hydrogen) atoms. The third kappa shape index (κ3) is 4.99. The number of halogens is 5. The van der Waals surface area contributed by atoms with Crippen LogP contribution in [-0.2, 0) is 11.0 Å². The summed E-state index contributed by atoms with van der Waals surface area (Å²) in [6.07, 6.45) is -3.00. The van der Waals surface area contributed by atoms with E-state index >= 15 is 0 Å². The molecule has 3 atom stereocenters. The van der Waals surface area contributed by atoms with Crippen molar-refractivity contribution in [3.8, 4) is 11.3 Å². The number of aryl methyl sites for hydroxylation is 1. The summed E-state index contributed by atoms with van der Waals surface area (Å²) in [4.78, 5) is 35.5. The smallest absolute Gasteiger partial charge is 0.382 e. The number of alkyl halides is 5. The molecule has 3 N–H and O–H groups in total. The molecule has 2 amide bonds. The first kappa shape index (κ1) is 26.8. The second-order valence-electron chi connectivity index (χ2n) is 10.3. The fourth-order valence-electron chi connectivity index (χ4n) is 5.39. The summed E-state index contributed by atoms with van der Waals surface area (Å²) in [7, 11) is 0. The molecule has 2 fully saturated rings. The number of hydrogen-bond acceptors (Lipinski definition) is 6. The maximum Gasteiger partial charge on any atom is 0.418 e. The Hall–Kier alpha value is -3.84. The highest BCUT2D eigenvalue weighted by Gasteiger charge is 2.45. The number of nitrogens with two attached hydrogens (primary N) is 1. The number of hydrogen-bond donors (Lipinski definition) is 2. The molecular formula is C25H26F5N7O2. The number of carbonyl (C=O) groups excluding carboxylic acids is 2. The number of carbonyl (C=O) groups is 2. The van der Waals surface area contributed by atoms with Crippen molar-refractivity contribution < 1.29 is 31.5 Å². The average Bonchev–Trinajstić information content (AvgIpc) is 3.54. The lowest BCUT2D eigenvalue weighted by molar-refractivity contribution is -0.136. The van der Waals surface area contributed by atoms with E-state index < -0.39 is 47.5 Å². The summed E-state index contributed by atoms with van der Waals surface area (Å²) in [5, 5.41) is 6.80. The molecule has 3 aromatic rings. The number of nitrogen functional groups attached to an aromatic ring is 1. The number of aromatic nitrogens is 4. The highest BCUT2D eigenvalue weighted by molar-refractivity contribution is 5.96. The third-order valence-electron chi connectivity index (χ3n) is 7.51. The molecule has 9 nitrogen and oxygen atoms in total. The molecule has 5 rings (SSSR count). The molecule has 4 heterocycles. The maximum absolute atomic E-state index is 13.7. The highest BCUT2D eigenvalue weighted by atomic mass is 19.4. The SMILES string of the molecule is Cc1ncc(-c2cc(C(F)(F)F)c3c(N)ncnn23)cc1C(=O)N[C@@H]1CN(C(=O)C2CCC(F)(F)C2)C[C@@H]1C. The van der Waals surface area contributed by atoms with Gasteiger partial charge >= 0.3 is 6.18 Å². The number of nitrogens with zero attached hydrogens (tertiary/aromatic N) is 5. The average molecular weight is 552 g/mol. The molecule has 1 aliphatic carbocycles. The number of pyridine rings is 1. The molecule has 208 valence electrons. The summed E-state index contributed by atoms with van der Waals surface area (Å²) >= 11 is 0. The maximum atomic E-state index is 13.7. The van der Waals surface area contributed by atoms with Gasteiger partial charge in [-0.25, -0.2) is 18.3 Å². The van der Waals surface area contributed by atoms with E-state index in [1.165, 1.54) is 17.2 Å². The number of amides is 2. The summed E-state index contributed by atoms with van der Waals surface area (Å²) in [6.45, 7) is 3.93. The molecule has 1 saturated carbocycles. The number of fused-ring (bicyclic) bond motifs is 1. The molecule has 2 aliphatic rings.